The predicted molar refractivity (Wildman–Crippen MR) is 113 cm³/mol. The van der Waals surface area contributed by atoms with Crippen LogP contribution in [0.15, 0.2) is 55.1 Å². The van der Waals surface area contributed by atoms with Crippen molar-refractivity contribution in [1.29, 1.82) is 0 Å². The summed E-state index contributed by atoms with van der Waals surface area (Å²) in [7, 11) is 3.65. The van der Waals surface area contributed by atoms with E-state index < -0.39 is 0 Å². The fourth-order valence-corrected chi connectivity index (χ4v) is 2.69. The van der Waals surface area contributed by atoms with Crippen molar-refractivity contribution in [3.8, 4) is 11.5 Å². The standard InChI is InChI=1S/C23H30N2O3/c1-6-13-28-21-12-11-18(14-22(21)27-5)23(26)24-15-19-9-7-8-10-20(19)16-25(4)17(2)3/h6-12,14,17H,1,13,15-16H2,2-5H3,(H,24,26). The Kier molecular flexibility index (Phi) is 8.08. The van der Waals surface area contributed by atoms with Crippen LogP contribution < -0.4 is 14.8 Å². The van der Waals surface area contributed by atoms with Crippen molar-refractivity contribution in [3.05, 3.63) is 71.8 Å². The van der Waals surface area contributed by atoms with Gasteiger partial charge in [-0.25, -0.2) is 0 Å². The summed E-state index contributed by atoms with van der Waals surface area (Å²) in [4.78, 5) is 14.9. The highest BCUT2D eigenvalue weighted by Crippen LogP contribution is 2.28. The lowest BCUT2D eigenvalue weighted by molar-refractivity contribution is 0.0950. The smallest absolute Gasteiger partial charge is 0.251 e. The summed E-state index contributed by atoms with van der Waals surface area (Å²) in [6, 6.07) is 13.8. The fourth-order valence-electron chi connectivity index (χ4n) is 2.69. The largest absolute Gasteiger partial charge is 0.493 e. The lowest BCUT2D eigenvalue weighted by Crippen LogP contribution is -2.27. The predicted octanol–water partition coefficient (Wildman–Crippen LogP) is 4.03. The van der Waals surface area contributed by atoms with E-state index in [1.807, 2.05) is 12.1 Å². The molecule has 0 spiro atoms. The van der Waals surface area contributed by atoms with Crippen LogP contribution in [0.4, 0.5) is 0 Å². The number of hydrogen-bond acceptors (Lipinski definition) is 4. The van der Waals surface area contributed by atoms with Gasteiger partial charge in [-0.3, -0.25) is 9.69 Å². The van der Waals surface area contributed by atoms with Crippen LogP contribution in [0.1, 0.15) is 35.3 Å². The molecule has 5 nitrogen and oxygen atoms in total. The van der Waals surface area contributed by atoms with Gasteiger partial charge in [0.25, 0.3) is 5.91 Å². The van der Waals surface area contributed by atoms with Gasteiger partial charge in [0.1, 0.15) is 6.61 Å². The van der Waals surface area contributed by atoms with Crippen LogP contribution in [0, 0.1) is 0 Å². The number of rotatable bonds is 10. The first kappa shape index (κ1) is 21.5. The van der Waals surface area contributed by atoms with Crippen LogP contribution in [0.3, 0.4) is 0 Å². The molecule has 0 atom stereocenters. The Morgan fingerprint density at radius 2 is 1.89 bits per heavy atom. The molecule has 0 aliphatic carbocycles. The number of benzene rings is 2. The number of carbonyl (C=O) groups is 1. The first-order valence-electron chi connectivity index (χ1n) is 9.43. The van der Waals surface area contributed by atoms with Crippen LogP contribution >= 0.6 is 0 Å². The van der Waals surface area contributed by atoms with E-state index in [0.717, 1.165) is 12.1 Å². The van der Waals surface area contributed by atoms with Crippen molar-refractivity contribution in [2.24, 2.45) is 0 Å². The number of carbonyl (C=O) groups excluding carboxylic acids is 1. The molecule has 0 aliphatic rings. The molecule has 2 aromatic carbocycles. The monoisotopic (exact) mass is 382 g/mol. The van der Waals surface area contributed by atoms with Crippen LogP contribution in [0.5, 0.6) is 11.5 Å². The van der Waals surface area contributed by atoms with Crippen molar-refractivity contribution >= 4 is 5.91 Å². The number of amides is 1. The maximum Gasteiger partial charge on any atom is 0.251 e. The Hall–Kier alpha value is -2.79. The van der Waals surface area contributed by atoms with Gasteiger partial charge in [0.05, 0.1) is 7.11 Å². The molecular weight excluding hydrogens is 352 g/mol. The molecule has 2 rings (SSSR count). The number of nitrogens with one attached hydrogen (secondary N) is 1. The van der Waals surface area contributed by atoms with E-state index in [4.69, 9.17) is 9.47 Å². The summed E-state index contributed by atoms with van der Waals surface area (Å²) >= 11 is 0. The molecule has 0 aromatic heterocycles. The molecule has 150 valence electrons. The second kappa shape index (κ2) is 10.5. The number of methoxy groups -OCH3 is 1. The number of nitrogens with zero attached hydrogens (tertiary/aromatic N) is 1. The highest BCUT2D eigenvalue weighted by molar-refractivity contribution is 5.94. The summed E-state index contributed by atoms with van der Waals surface area (Å²) in [6.07, 6.45) is 1.66. The third kappa shape index (κ3) is 5.86. The molecule has 1 amide bonds. The van der Waals surface area contributed by atoms with Crippen molar-refractivity contribution in [2.45, 2.75) is 33.0 Å². The zero-order chi connectivity index (χ0) is 20.5. The van der Waals surface area contributed by atoms with Gasteiger partial charge in [-0.1, -0.05) is 36.9 Å². The lowest BCUT2D eigenvalue weighted by Gasteiger charge is -2.22. The SMILES string of the molecule is C=CCOc1ccc(C(=O)NCc2ccccc2CN(C)C(C)C)cc1OC. The molecule has 0 saturated carbocycles. The molecule has 0 aliphatic heterocycles. The zero-order valence-electron chi connectivity index (χ0n) is 17.2. The number of hydrogen-bond donors (Lipinski definition) is 1. The molecule has 0 saturated heterocycles. The molecule has 1 N–H and O–H groups in total. The maximum absolute atomic E-state index is 12.6. The molecule has 0 fully saturated rings. The maximum atomic E-state index is 12.6. The topological polar surface area (TPSA) is 50.8 Å². The van der Waals surface area contributed by atoms with E-state index in [-0.39, 0.29) is 5.91 Å². The van der Waals surface area contributed by atoms with Gasteiger partial charge in [0.15, 0.2) is 11.5 Å². The molecule has 0 bridgehead atoms. The molecule has 28 heavy (non-hydrogen) atoms. The van der Waals surface area contributed by atoms with Gasteiger partial charge < -0.3 is 14.8 Å². The first-order chi connectivity index (χ1) is 13.5. The Bertz CT molecular complexity index is 802. The van der Waals surface area contributed by atoms with E-state index in [1.54, 1.807) is 31.4 Å². The van der Waals surface area contributed by atoms with Gasteiger partial charge in [-0.2, -0.15) is 0 Å². The summed E-state index contributed by atoms with van der Waals surface area (Å²) in [5.41, 5.74) is 2.85. The van der Waals surface area contributed by atoms with Crippen molar-refractivity contribution in [2.75, 3.05) is 20.8 Å². The van der Waals surface area contributed by atoms with Gasteiger partial charge in [0, 0.05) is 24.7 Å². The summed E-state index contributed by atoms with van der Waals surface area (Å²) in [6.45, 7) is 9.65. The van der Waals surface area contributed by atoms with Crippen LogP contribution in [-0.2, 0) is 13.1 Å². The molecule has 2 aromatic rings. The molecule has 0 radical (unpaired) electrons. The highest BCUT2D eigenvalue weighted by atomic mass is 16.5. The van der Waals surface area contributed by atoms with E-state index in [0.29, 0.717) is 36.3 Å². The van der Waals surface area contributed by atoms with Crippen molar-refractivity contribution in [3.63, 3.8) is 0 Å². The molecule has 0 heterocycles. The van der Waals surface area contributed by atoms with Gasteiger partial charge >= 0.3 is 0 Å². The van der Waals surface area contributed by atoms with Gasteiger partial charge in [0.2, 0.25) is 0 Å². The zero-order valence-corrected chi connectivity index (χ0v) is 17.2. The van der Waals surface area contributed by atoms with Crippen LogP contribution in [0.2, 0.25) is 0 Å². The van der Waals surface area contributed by atoms with E-state index in [9.17, 15) is 4.79 Å². The highest BCUT2D eigenvalue weighted by Gasteiger charge is 2.13. The third-order valence-corrected chi connectivity index (χ3v) is 4.64. The quantitative estimate of drug-likeness (QED) is 0.631. The molecular formula is C23H30N2O3. The molecule has 0 unspecified atom stereocenters. The minimum atomic E-state index is -0.152. The average molecular weight is 383 g/mol. The second-order valence-corrected chi connectivity index (χ2v) is 6.93. The summed E-state index contributed by atoms with van der Waals surface area (Å²) in [5.74, 6) is 0.954. The Labute approximate surface area is 168 Å². The lowest BCUT2D eigenvalue weighted by atomic mass is 10.1. The third-order valence-electron chi connectivity index (χ3n) is 4.64. The minimum Gasteiger partial charge on any atom is -0.493 e. The van der Waals surface area contributed by atoms with Gasteiger partial charge in [-0.05, 0) is 50.2 Å². The Morgan fingerprint density at radius 3 is 2.54 bits per heavy atom. The van der Waals surface area contributed by atoms with Crippen LogP contribution in [0.25, 0.3) is 0 Å². The second-order valence-electron chi connectivity index (χ2n) is 6.93. The Morgan fingerprint density at radius 1 is 1.18 bits per heavy atom. The Balaban J connectivity index is 2.07. The van der Waals surface area contributed by atoms with Gasteiger partial charge in [-0.15, -0.1) is 0 Å². The van der Waals surface area contributed by atoms with Crippen molar-refractivity contribution in [1.82, 2.24) is 10.2 Å². The van der Waals surface area contributed by atoms with Crippen molar-refractivity contribution < 1.29 is 14.3 Å². The van der Waals surface area contributed by atoms with E-state index >= 15 is 0 Å². The normalized spacial score (nSPS) is 10.8. The average Bonchev–Trinajstić information content (AvgIpc) is 2.71. The first-order valence-corrected chi connectivity index (χ1v) is 9.43. The summed E-state index contributed by atoms with van der Waals surface area (Å²) in [5, 5.41) is 3.00. The fraction of sp³-hybridized carbons (Fsp3) is 0.348. The molecule has 5 heteroatoms. The van der Waals surface area contributed by atoms with E-state index in [2.05, 4.69) is 49.8 Å². The van der Waals surface area contributed by atoms with Crippen LogP contribution in [-0.4, -0.2) is 37.6 Å². The summed E-state index contributed by atoms with van der Waals surface area (Å²) < 4.78 is 10.9. The van der Waals surface area contributed by atoms with E-state index in [1.165, 1.54) is 5.56 Å². The number of ether oxygens (including phenoxy) is 2. The minimum absolute atomic E-state index is 0.152.